The Kier molecular flexibility index (Phi) is 5.65. The van der Waals surface area contributed by atoms with Crippen molar-refractivity contribution < 1.29 is 32.9 Å². The number of hydrogen-bond acceptors (Lipinski definition) is 5. The Morgan fingerprint density at radius 1 is 1.18 bits per heavy atom. The van der Waals surface area contributed by atoms with E-state index in [1.165, 1.54) is 48.1 Å². The van der Waals surface area contributed by atoms with E-state index < -0.39 is 40.8 Å². The number of aromatic hydroxyl groups is 1. The summed E-state index contributed by atoms with van der Waals surface area (Å²) in [7, 11) is 1.64. The van der Waals surface area contributed by atoms with Gasteiger partial charge in [0.05, 0.1) is 22.6 Å². The summed E-state index contributed by atoms with van der Waals surface area (Å²) in [5.41, 5.74) is -0.772. The van der Waals surface area contributed by atoms with Crippen LogP contribution in [0.1, 0.15) is 54.4 Å². The van der Waals surface area contributed by atoms with Gasteiger partial charge in [0.1, 0.15) is 6.10 Å². The van der Waals surface area contributed by atoms with Crippen LogP contribution in [0.4, 0.5) is 13.2 Å². The maximum absolute atomic E-state index is 13.5. The molecule has 9 heteroatoms. The van der Waals surface area contributed by atoms with Crippen molar-refractivity contribution in [2.24, 2.45) is 5.92 Å². The Hall–Kier alpha value is -3.04. The van der Waals surface area contributed by atoms with E-state index in [1.54, 1.807) is 13.1 Å². The Balaban J connectivity index is 1.23. The molecule has 40 heavy (non-hydrogen) atoms. The first-order chi connectivity index (χ1) is 19.0. The van der Waals surface area contributed by atoms with Crippen LogP contribution in [0.5, 0.6) is 11.5 Å². The third kappa shape index (κ3) is 3.59. The molecule has 1 saturated heterocycles. The van der Waals surface area contributed by atoms with Gasteiger partial charge in [0.2, 0.25) is 5.91 Å². The van der Waals surface area contributed by atoms with Crippen LogP contribution in [0, 0.1) is 5.92 Å². The number of carbonyl (C=O) groups is 1. The summed E-state index contributed by atoms with van der Waals surface area (Å²) in [5, 5.41) is 23.4. The van der Waals surface area contributed by atoms with Crippen molar-refractivity contribution in [3.63, 3.8) is 0 Å². The van der Waals surface area contributed by atoms with Crippen molar-refractivity contribution >= 4 is 12.0 Å². The van der Waals surface area contributed by atoms with E-state index in [0.717, 1.165) is 30.3 Å². The molecule has 2 aliphatic heterocycles. The van der Waals surface area contributed by atoms with E-state index >= 15 is 0 Å². The van der Waals surface area contributed by atoms with Crippen LogP contribution in [-0.4, -0.2) is 69.8 Å². The monoisotopic (exact) mass is 554 g/mol. The largest absolute Gasteiger partial charge is 0.504 e. The molecule has 212 valence electrons. The second kappa shape index (κ2) is 8.73. The van der Waals surface area contributed by atoms with Crippen molar-refractivity contribution in [2.45, 2.75) is 73.9 Å². The zero-order valence-electron chi connectivity index (χ0n) is 22.3. The number of aliphatic hydroxyl groups is 1. The third-order valence-corrected chi connectivity index (χ3v) is 10.2. The zero-order chi connectivity index (χ0) is 28.0. The maximum atomic E-state index is 13.5. The minimum Gasteiger partial charge on any atom is -0.504 e. The topological polar surface area (TPSA) is 73.2 Å². The van der Waals surface area contributed by atoms with Crippen molar-refractivity contribution in [2.75, 3.05) is 20.1 Å². The number of benzene rings is 2. The molecule has 0 unspecified atom stereocenters. The van der Waals surface area contributed by atoms with Crippen LogP contribution in [0.3, 0.4) is 0 Å². The standard InChI is InChI=1S/C31H33F3N2O4/c1-35(25(38)11-9-19-4-2-3-5-21(19)31(32,33)34)22-12-13-30(39)24-16-20-8-10-23(37)27-26(20)29(30,28(22)40-27)14-15-36(24)17-18-6-7-18/h2-5,8-11,18,22,24,28,37,39H,6-7,12-17H2,1H3/b11-9+/t22-,24-,28+,29+,30-/m1/s1. The number of amides is 1. The number of likely N-dealkylation sites (tertiary alicyclic amines) is 1. The number of phenols is 1. The van der Waals surface area contributed by atoms with E-state index in [0.29, 0.717) is 37.4 Å². The first kappa shape index (κ1) is 25.9. The fourth-order valence-corrected chi connectivity index (χ4v) is 8.19. The van der Waals surface area contributed by atoms with Crippen LogP contribution in [-0.2, 0) is 22.8 Å². The molecule has 2 bridgehead atoms. The van der Waals surface area contributed by atoms with Crippen molar-refractivity contribution in [3.05, 3.63) is 64.7 Å². The van der Waals surface area contributed by atoms with Gasteiger partial charge < -0.3 is 19.8 Å². The summed E-state index contributed by atoms with van der Waals surface area (Å²) in [5.74, 6) is 0.670. The van der Waals surface area contributed by atoms with Gasteiger partial charge in [-0.05, 0) is 80.3 Å². The Bertz CT molecular complexity index is 1410. The van der Waals surface area contributed by atoms with Gasteiger partial charge >= 0.3 is 6.18 Å². The number of nitrogens with zero attached hydrogens (tertiary/aromatic N) is 2. The quantitative estimate of drug-likeness (QED) is 0.532. The van der Waals surface area contributed by atoms with E-state index in [2.05, 4.69) is 4.90 Å². The van der Waals surface area contributed by atoms with Gasteiger partial charge in [0.25, 0.3) is 0 Å². The smallest absolute Gasteiger partial charge is 0.416 e. The molecule has 2 N–H and O–H groups in total. The highest BCUT2D eigenvalue weighted by Gasteiger charge is 2.73. The number of alkyl halides is 3. The number of phenolic OH excluding ortho intramolecular Hbond substituents is 1. The summed E-state index contributed by atoms with van der Waals surface area (Å²) in [6.07, 6.45) is 2.01. The molecular formula is C31H33F3N2O4. The van der Waals surface area contributed by atoms with Gasteiger partial charge in [0.15, 0.2) is 11.5 Å². The van der Waals surface area contributed by atoms with Crippen molar-refractivity contribution in [3.8, 4) is 11.5 Å². The van der Waals surface area contributed by atoms with Gasteiger partial charge in [0, 0.05) is 31.3 Å². The predicted molar refractivity (Wildman–Crippen MR) is 142 cm³/mol. The highest BCUT2D eigenvalue weighted by Crippen LogP contribution is 2.66. The first-order valence-electron chi connectivity index (χ1n) is 14.1. The summed E-state index contributed by atoms with van der Waals surface area (Å²) in [6.45, 7) is 1.78. The summed E-state index contributed by atoms with van der Waals surface area (Å²) >= 11 is 0. The molecule has 5 aliphatic rings. The molecule has 2 aromatic carbocycles. The fraction of sp³-hybridized carbons (Fsp3) is 0.516. The van der Waals surface area contributed by atoms with Crippen LogP contribution in [0.15, 0.2) is 42.5 Å². The van der Waals surface area contributed by atoms with E-state index in [-0.39, 0.29) is 17.4 Å². The minimum atomic E-state index is -4.53. The lowest BCUT2D eigenvalue weighted by Crippen LogP contribution is -2.78. The lowest BCUT2D eigenvalue weighted by atomic mass is 9.48. The molecule has 5 atom stereocenters. The number of halogens is 3. The highest BCUT2D eigenvalue weighted by atomic mass is 19.4. The first-order valence-corrected chi connectivity index (χ1v) is 14.1. The summed E-state index contributed by atoms with van der Waals surface area (Å²) in [6, 6.07) is 8.25. The highest BCUT2D eigenvalue weighted by molar-refractivity contribution is 5.92. The number of hydrogen-bond donors (Lipinski definition) is 2. The van der Waals surface area contributed by atoms with Gasteiger partial charge in [-0.25, -0.2) is 0 Å². The lowest BCUT2D eigenvalue weighted by molar-refractivity contribution is -0.200. The zero-order valence-corrected chi connectivity index (χ0v) is 22.3. The molecule has 2 heterocycles. The summed E-state index contributed by atoms with van der Waals surface area (Å²) < 4.78 is 46.9. The molecule has 0 radical (unpaired) electrons. The minimum absolute atomic E-state index is 0.0279. The lowest BCUT2D eigenvalue weighted by Gasteiger charge is -2.64. The number of carbonyl (C=O) groups excluding carboxylic acids is 1. The number of ether oxygens (including phenoxy) is 1. The van der Waals surface area contributed by atoms with Crippen LogP contribution < -0.4 is 4.74 Å². The van der Waals surface area contributed by atoms with Crippen LogP contribution in [0.2, 0.25) is 0 Å². The number of likely N-dealkylation sites (N-methyl/N-ethyl adjacent to an activating group) is 1. The molecule has 2 saturated carbocycles. The SMILES string of the molecule is CN(C(=O)/C=C/c1ccccc1C(F)(F)F)[C@@H]1CC[C@@]2(O)[C@H]3Cc4ccc(O)c5c4[C@@]2(CCN3CC2CC2)[C@H]1O5. The number of rotatable bonds is 5. The molecule has 3 aliphatic carbocycles. The average molecular weight is 555 g/mol. The molecule has 7 rings (SSSR count). The average Bonchev–Trinajstić information content (AvgIpc) is 3.66. The van der Waals surface area contributed by atoms with Crippen molar-refractivity contribution in [1.82, 2.24) is 9.80 Å². The Labute approximate surface area is 231 Å². The molecule has 0 aromatic heterocycles. The fourth-order valence-electron chi connectivity index (χ4n) is 8.19. The third-order valence-electron chi connectivity index (χ3n) is 10.2. The van der Waals surface area contributed by atoms with Crippen molar-refractivity contribution in [1.29, 1.82) is 0 Å². The second-order valence-corrected chi connectivity index (χ2v) is 12.3. The molecular weight excluding hydrogens is 521 g/mol. The normalized spacial score (nSPS) is 32.6. The predicted octanol–water partition coefficient (Wildman–Crippen LogP) is 4.52. The van der Waals surface area contributed by atoms with Gasteiger partial charge in [-0.2, -0.15) is 13.2 Å². The number of piperidine rings is 1. The van der Waals surface area contributed by atoms with E-state index in [4.69, 9.17) is 4.74 Å². The van der Waals surface area contributed by atoms with Gasteiger partial charge in [-0.1, -0.05) is 24.3 Å². The molecule has 3 fully saturated rings. The van der Waals surface area contributed by atoms with E-state index in [9.17, 15) is 28.2 Å². The molecule has 1 spiro atoms. The maximum Gasteiger partial charge on any atom is 0.416 e. The van der Waals surface area contributed by atoms with E-state index in [1.807, 2.05) is 6.07 Å². The molecule has 2 aromatic rings. The van der Waals surface area contributed by atoms with Gasteiger partial charge in [-0.3, -0.25) is 9.69 Å². The summed E-state index contributed by atoms with van der Waals surface area (Å²) in [4.78, 5) is 17.4. The molecule has 1 amide bonds. The second-order valence-electron chi connectivity index (χ2n) is 12.3. The Morgan fingerprint density at radius 2 is 1.95 bits per heavy atom. The molecule has 6 nitrogen and oxygen atoms in total. The van der Waals surface area contributed by atoms with Crippen LogP contribution in [0.25, 0.3) is 6.08 Å². The van der Waals surface area contributed by atoms with Crippen LogP contribution >= 0.6 is 0 Å². The van der Waals surface area contributed by atoms with Gasteiger partial charge in [-0.15, -0.1) is 0 Å². The Morgan fingerprint density at radius 3 is 2.70 bits per heavy atom.